The number of Topliss-reactive ketones (excluding diaryl/α,β-unsaturated/α-hetero) is 2. The summed E-state index contributed by atoms with van der Waals surface area (Å²) >= 11 is 0. The van der Waals surface area contributed by atoms with Crippen LogP contribution in [0.2, 0.25) is 0 Å². The number of hydrogen-bond donors (Lipinski definition) is 2. The third-order valence-electron chi connectivity index (χ3n) is 14.3. The van der Waals surface area contributed by atoms with Crippen molar-refractivity contribution in [3.05, 3.63) is 82.4 Å². The van der Waals surface area contributed by atoms with Crippen molar-refractivity contribution < 1.29 is 33.4 Å². The number of hydrogen-bond acceptors (Lipinski definition) is 10. The first-order valence-corrected chi connectivity index (χ1v) is 22.7. The molecular weight excluding hydrogens is 795 g/mol. The number of nitrogens with zero attached hydrogens (tertiary/aromatic N) is 3. The first-order valence-electron chi connectivity index (χ1n) is 22.7. The molecule has 1 atom stereocenters. The fourth-order valence-electron chi connectivity index (χ4n) is 10.9. The van der Waals surface area contributed by atoms with Crippen LogP contribution in [0.3, 0.4) is 0 Å². The maximum Gasteiger partial charge on any atom is 0.252 e. The Hall–Kier alpha value is -5.41. The van der Waals surface area contributed by atoms with Crippen molar-refractivity contribution in [2.24, 2.45) is 16.7 Å². The maximum absolute atomic E-state index is 13.6. The molecule has 12 nitrogen and oxygen atoms in total. The Morgan fingerprint density at radius 1 is 0.857 bits per heavy atom. The van der Waals surface area contributed by atoms with Crippen molar-refractivity contribution in [1.82, 2.24) is 15.5 Å². The van der Waals surface area contributed by atoms with E-state index in [1.165, 1.54) is 0 Å². The summed E-state index contributed by atoms with van der Waals surface area (Å²) in [4.78, 5) is 55.5. The van der Waals surface area contributed by atoms with E-state index in [9.17, 15) is 24.4 Å². The van der Waals surface area contributed by atoms with Gasteiger partial charge in [-0.3, -0.25) is 24.1 Å². The van der Waals surface area contributed by atoms with Gasteiger partial charge in [-0.1, -0.05) is 27.7 Å². The summed E-state index contributed by atoms with van der Waals surface area (Å²) in [6.07, 6.45) is 4.43. The van der Waals surface area contributed by atoms with Crippen molar-refractivity contribution in [3.63, 3.8) is 0 Å². The highest BCUT2D eigenvalue weighted by Crippen LogP contribution is 2.55. The molecule has 2 amide bonds. The maximum atomic E-state index is 13.6. The van der Waals surface area contributed by atoms with Crippen molar-refractivity contribution in [2.75, 3.05) is 31.6 Å². The Bertz CT molecular complexity index is 2210. The Kier molecular flexibility index (Phi) is 13.3. The number of carbonyl (C=O) groups excluding carboxylic acids is 4. The second-order valence-electron chi connectivity index (χ2n) is 19.8. The molecule has 0 bridgehead atoms. The molecule has 336 valence electrons. The summed E-state index contributed by atoms with van der Waals surface area (Å²) in [7, 11) is 1.55. The van der Waals surface area contributed by atoms with Gasteiger partial charge in [-0.25, -0.2) is 0 Å². The second kappa shape index (κ2) is 18.4. The molecule has 3 aromatic carbocycles. The summed E-state index contributed by atoms with van der Waals surface area (Å²) in [5.74, 6) is 1.61. The smallest absolute Gasteiger partial charge is 0.252 e. The molecule has 1 aliphatic heterocycles. The highest BCUT2D eigenvalue weighted by Gasteiger charge is 2.64. The molecule has 3 aliphatic carbocycles. The number of ketones is 2. The molecule has 1 saturated heterocycles. The summed E-state index contributed by atoms with van der Waals surface area (Å²) in [6, 6.07) is 19.3. The zero-order valence-electron chi connectivity index (χ0n) is 38.5. The van der Waals surface area contributed by atoms with Crippen LogP contribution >= 0.6 is 0 Å². The average Bonchev–Trinajstić information content (AvgIpc) is 3.23. The number of methoxy groups -OCH3 is 1. The van der Waals surface area contributed by atoms with E-state index in [0.29, 0.717) is 59.0 Å². The van der Waals surface area contributed by atoms with Crippen molar-refractivity contribution in [2.45, 2.75) is 137 Å². The number of piperidine rings is 1. The van der Waals surface area contributed by atoms with Crippen LogP contribution in [0.25, 0.3) is 0 Å². The summed E-state index contributed by atoms with van der Waals surface area (Å²) < 4.78 is 18.6. The van der Waals surface area contributed by atoms with Gasteiger partial charge in [0.1, 0.15) is 23.7 Å². The van der Waals surface area contributed by atoms with Crippen molar-refractivity contribution in [3.8, 4) is 23.3 Å². The first-order chi connectivity index (χ1) is 29.9. The lowest BCUT2D eigenvalue weighted by molar-refractivity contribution is -0.164. The number of aryl methyl sites for hydroxylation is 2. The standard InChI is InChI=1S/C51H65N5O7/c1-30(2)56(37-25-40(26-37)62-44-17-12-35(24-45(44)61-9)47(60)53-42-16-15-38(57)27-43(42)58)29-33-18-20-55(21-19-33)36-13-10-34(11-14-36)46(59)54-48-50(5,6)49(51(48,7)8)63-39-22-31(3)41(28-52)32(4)23-39/h10-14,17,22-24,30,33,37,40,42,48-49H,15-16,18-21,25-27,29H2,1-9H3,(H,53,60)(H,54,59). The van der Waals surface area contributed by atoms with Gasteiger partial charge in [-0.2, -0.15) is 5.26 Å². The van der Waals surface area contributed by atoms with Gasteiger partial charge in [0.2, 0.25) is 0 Å². The number of anilines is 1. The highest BCUT2D eigenvalue weighted by molar-refractivity contribution is 6.06. The van der Waals surface area contributed by atoms with E-state index >= 15 is 0 Å². The number of rotatable bonds is 14. The molecule has 3 aromatic rings. The van der Waals surface area contributed by atoms with Crippen LogP contribution in [-0.2, 0) is 9.59 Å². The summed E-state index contributed by atoms with van der Waals surface area (Å²) in [5, 5.41) is 15.6. The van der Waals surface area contributed by atoms with Crippen molar-refractivity contribution in [1.29, 1.82) is 5.26 Å². The van der Waals surface area contributed by atoms with Crippen LogP contribution in [0, 0.1) is 41.9 Å². The van der Waals surface area contributed by atoms with E-state index in [4.69, 9.17) is 14.2 Å². The van der Waals surface area contributed by atoms with Gasteiger partial charge >= 0.3 is 0 Å². The fourth-order valence-corrected chi connectivity index (χ4v) is 10.9. The van der Waals surface area contributed by atoms with E-state index in [1.54, 1.807) is 25.3 Å². The molecule has 12 heteroatoms. The second-order valence-corrected chi connectivity index (χ2v) is 19.8. The first kappa shape index (κ1) is 45.6. The lowest BCUT2D eigenvalue weighted by atomic mass is 9.49. The minimum absolute atomic E-state index is 0.0422. The minimum Gasteiger partial charge on any atom is -0.493 e. The molecule has 7 rings (SSSR count). The van der Waals surface area contributed by atoms with Crippen LogP contribution in [0.15, 0.2) is 54.6 Å². The van der Waals surface area contributed by atoms with Crippen LogP contribution in [0.5, 0.6) is 17.2 Å². The topological polar surface area (TPSA) is 150 Å². The third-order valence-corrected chi connectivity index (χ3v) is 14.3. The Labute approximate surface area is 373 Å². The number of nitrogens with one attached hydrogen (secondary N) is 2. The molecule has 4 fully saturated rings. The van der Waals surface area contributed by atoms with Crippen LogP contribution in [0.4, 0.5) is 5.69 Å². The summed E-state index contributed by atoms with van der Waals surface area (Å²) in [5.41, 5.74) is 4.01. The molecule has 1 heterocycles. The van der Waals surface area contributed by atoms with Crippen LogP contribution < -0.4 is 29.7 Å². The van der Waals surface area contributed by atoms with Crippen LogP contribution in [-0.4, -0.2) is 91.4 Å². The Morgan fingerprint density at radius 2 is 1.48 bits per heavy atom. The van der Waals surface area contributed by atoms with Gasteiger partial charge in [0.25, 0.3) is 11.8 Å². The van der Waals surface area contributed by atoms with Crippen LogP contribution in [0.1, 0.15) is 124 Å². The van der Waals surface area contributed by atoms with Gasteiger partial charge < -0.3 is 29.7 Å². The molecular formula is C51H65N5O7. The molecule has 1 unspecified atom stereocenters. The normalized spacial score (nSPS) is 24.2. The van der Waals surface area contributed by atoms with Gasteiger partial charge in [0, 0.05) is 84.7 Å². The van der Waals surface area contributed by atoms with E-state index < -0.39 is 6.04 Å². The number of carbonyl (C=O) groups is 4. The number of benzene rings is 3. The van der Waals surface area contributed by atoms with E-state index in [1.807, 2.05) is 38.1 Å². The monoisotopic (exact) mass is 859 g/mol. The minimum atomic E-state index is -0.646. The number of nitriles is 1. The summed E-state index contributed by atoms with van der Waals surface area (Å²) in [6.45, 7) is 19.9. The van der Waals surface area contributed by atoms with E-state index in [0.717, 1.165) is 67.9 Å². The third kappa shape index (κ3) is 9.59. The molecule has 63 heavy (non-hydrogen) atoms. The number of ether oxygens (including phenoxy) is 3. The highest BCUT2D eigenvalue weighted by atomic mass is 16.5. The predicted octanol–water partition coefficient (Wildman–Crippen LogP) is 7.75. The average molecular weight is 860 g/mol. The van der Waals surface area contributed by atoms with Gasteiger partial charge in [-0.15, -0.1) is 0 Å². The SMILES string of the molecule is COc1cc(C(=O)NC2CCC(=O)CC2=O)ccc1OC1CC(N(CC2CCN(c3ccc(C(=O)NC4C(C)(C)C(Oc5cc(C)c(C#N)c(C)c5)C4(C)C)cc3)CC2)C(C)C)C1. The molecule has 4 aliphatic rings. The molecule has 3 saturated carbocycles. The van der Waals surface area contributed by atoms with Gasteiger partial charge in [0.05, 0.1) is 31.2 Å². The number of amides is 2. The zero-order valence-corrected chi connectivity index (χ0v) is 38.5. The molecule has 0 spiro atoms. The molecule has 2 N–H and O–H groups in total. The molecule has 0 aromatic heterocycles. The van der Waals surface area contributed by atoms with E-state index in [-0.39, 0.29) is 58.9 Å². The molecule has 0 radical (unpaired) electrons. The van der Waals surface area contributed by atoms with Gasteiger partial charge in [-0.05, 0) is 119 Å². The lowest BCUT2D eigenvalue weighted by Crippen LogP contribution is -2.74. The van der Waals surface area contributed by atoms with Crippen molar-refractivity contribution >= 4 is 29.1 Å². The largest absolute Gasteiger partial charge is 0.493 e. The Balaban J connectivity index is 0.863. The predicted molar refractivity (Wildman–Crippen MR) is 243 cm³/mol. The fraction of sp³-hybridized carbons (Fsp3) is 0.549. The van der Waals surface area contributed by atoms with Gasteiger partial charge in [0.15, 0.2) is 17.3 Å². The Morgan fingerprint density at radius 3 is 2.06 bits per heavy atom. The zero-order chi connectivity index (χ0) is 45.4. The quantitative estimate of drug-likeness (QED) is 0.154. The van der Waals surface area contributed by atoms with E-state index in [2.05, 4.69) is 80.2 Å². The lowest BCUT2D eigenvalue weighted by Gasteiger charge is -2.63.